The second kappa shape index (κ2) is 5.83. The first-order chi connectivity index (χ1) is 8.16. The van der Waals surface area contributed by atoms with Crippen LogP contribution in [0.2, 0.25) is 0 Å². The summed E-state index contributed by atoms with van der Waals surface area (Å²) in [6.07, 6.45) is 5.66. The highest BCUT2D eigenvalue weighted by atomic mass is 16.2. The van der Waals surface area contributed by atoms with E-state index in [0.717, 1.165) is 38.9 Å². The molecular formula is C13H25N3O. The maximum atomic E-state index is 12.2. The Balaban J connectivity index is 1.79. The number of carbonyl (C=O) groups is 1. The standard InChI is InChI=1S/C13H25N3O/c1-11-4-2-3-7-16(11)13(17)10-15-8-5-12(14)6-9-15/h11-12H,2-10,14H2,1H3/t11-/m1/s1. The van der Waals surface area contributed by atoms with E-state index in [0.29, 0.717) is 24.5 Å². The number of likely N-dealkylation sites (tertiary alicyclic amines) is 2. The Kier molecular flexibility index (Phi) is 4.40. The minimum Gasteiger partial charge on any atom is -0.339 e. The molecule has 2 aliphatic heterocycles. The van der Waals surface area contributed by atoms with Crippen molar-refractivity contribution < 1.29 is 4.79 Å². The van der Waals surface area contributed by atoms with E-state index < -0.39 is 0 Å². The van der Waals surface area contributed by atoms with Crippen molar-refractivity contribution in [2.24, 2.45) is 5.73 Å². The molecule has 1 amide bonds. The molecule has 0 spiro atoms. The monoisotopic (exact) mass is 239 g/mol. The lowest BCUT2D eigenvalue weighted by Crippen LogP contribution is -2.49. The Morgan fingerprint density at radius 1 is 1.18 bits per heavy atom. The van der Waals surface area contributed by atoms with Crippen molar-refractivity contribution in [1.82, 2.24) is 9.80 Å². The molecule has 2 fully saturated rings. The van der Waals surface area contributed by atoms with Gasteiger partial charge in [-0.3, -0.25) is 9.69 Å². The van der Waals surface area contributed by atoms with Crippen LogP contribution >= 0.6 is 0 Å². The van der Waals surface area contributed by atoms with E-state index in [9.17, 15) is 4.79 Å². The van der Waals surface area contributed by atoms with Gasteiger partial charge in [0.2, 0.25) is 5.91 Å². The van der Waals surface area contributed by atoms with Gasteiger partial charge in [-0.15, -0.1) is 0 Å². The molecule has 0 aliphatic carbocycles. The molecule has 2 N–H and O–H groups in total. The first-order valence-electron chi connectivity index (χ1n) is 6.94. The van der Waals surface area contributed by atoms with Gasteiger partial charge in [0, 0.05) is 31.7 Å². The molecule has 2 saturated heterocycles. The molecule has 2 aliphatic rings. The molecule has 0 radical (unpaired) electrons. The second-order valence-corrected chi connectivity index (χ2v) is 5.55. The molecular weight excluding hydrogens is 214 g/mol. The Morgan fingerprint density at radius 3 is 2.53 bits per heavy atom. The van der Waals surface area contributed by atoms with Crippen molar-refractivity contribution in [3.05, 3.63) is 0 Å². The molecule has 2 heterocycles. The van der Waals surface area contributed by atoms with Crippen LogP contribution in [0.25, 0.3) is 0 Å². The summed E-state index contributed by atoms with van der Waals surface area (Å²) in [5.74, 6) is 0.313. The van der Waals surface area contributed by atoms with Gasteiger partial charge in [-0.05, 0) is 39.0 Å². The summed E-state index contributed by atoms with van der Waals surface area (Å²) in [5, 5.41) is 0. The fourth-order valence-corrected chi connectivity index (χ4v) is 2.86. The topological polar surface area (TPSA) is 49.6 Å². The van der Waals surface area contributed by atoms with Gasteiger partial charge in [-0.1, -0.05) is 0 Å². The largest absolute Gasteiger partial charge is 0.339 e. The van der Waals surface area contributed by atoms with Crippen LogP contribution in [-0.4, -0.2) is 54.0 Å². The number of amides is 1. The summed E-state index contributed by atoms with van der Waals surface area (Å²) >= 11 is 0. The molecule has 98 valence electrons. The number of nitrogens with two attached hydrogens (primary N) is 1. The third-order valence-corrected chi connectivity index (χ3v) is 4.11. The van der Waals surface area contributed by atoms with Crippen molar-refractivity contribution in [3.63, 3.8) is 0 Å². The highest BCUT2D eigenvalue weighted by Gasteiger charge is 2.25. The summed E-state index contributed by atoms with van der Waals surface area (Å²) < 4.78 is 0. The lowest BCUT2D eigenvalue weighted by atomic mass is 10.0. The summed E-state index contributed by atoms with van der Waals surface area (Å²) in [5.41, 5.74) is 5.87. The zero-order valence-electron chi connectivity index (χ0n) is 10.9. The van der Waals surface area contributed by atoms with Gasteiger partial charge < -0.3 is 10.6 Å². The SMILES string of the molecule is C[C@@H]1CCCCN1C(=O)CN1CCC(N)CC1. The highest BCUT2D eigenvalue weighted by Crippen LogP contribution is 2.17. The number of hydrogen-bond donors (Lipinski definition) is 1. The van der Waals surface area contributed by atoms with E-state index in [-0.39, 0.29) is 0 Å². The van der Waals surface area contributed by atoms with Gasteiger partial charge in [-0.2, -0.15) is 0 Å². The molecule has 1 atom stereocenters. The van der Waals surface area contributed by atoms with E-state index in [4.69, 9.17) is 5.73 Å². The maximum Gasteiger partial charge on any atom is 0.236 e. The van der Waals surface area contributed by atoms with Crippen LogP contribution in [0.15, 0.2) is 0 Å². The molecule has 0 unspecified atom stereocenters. The third-order valence-electron chi connectivity index (χ3n) is 4.11. The third kappa shape index (κ3) is 3.42. The first-order valence-corrected chi connectivity index (χ1v) is 6.94. The van der Waals surface area contributed by atoms with Crippen LogP contribution in [-0.2, 0) is 4.79 Å². The molecule has 17 heavy (non-hydrogen) atoms. The molecule has 0 aromatic heterocycles. The summed E-state index contributed by atoms with van der Waals surface area (Å²) in [4.78, 5) is 16.5. The summed E-state index contributed by atoms with van der Waals surface area (Å²) in [6.45, 7) is 5.68. The minimum absolute atomic E-state index is 0.313. The Morgan fingerprint density at radius 2 is 1.88 bits per heavy atom. The number of hydrogen-bond acceptors (Lipinski definition) is 3. The van der Waals surface area contributed by atoms with Crippen LogP contribution in [0.3, 0.4) is 0 Å². The minimum atomic E-state index is 0.313. The molecule has 4 heteroatoms. The van der Waals surface area contributed by atoms with Gasteiger partial charge >= 0.3 is 0 Å². The molecule has 2 rings (SSSR count). The highest BCUT2D eigenvalue weighted by molar-refractivity contribution is 5.78. The number of rotatable bonds is 2. The van der Waals surface area contributed by atoms with Gasteiger partial charge in [0.05, 0.1) is 6.54 Å². The van der Waals surface area contributed by atoms with Crippen molar-refractivity contribution in [3.8, 4) is 0 Å². The normalized spacial score (nSPS) is 28.4. The van der Waals surface area contributed by atoms with Crippen LogP contribution in [0.1, 0.15) is 39.0 Å². The average Bonchev–Trinajstić information content (AvgIpc) is 2.32. The van der Waals surface area contributed by atoms with E-state index in [1.807, 2.05) is 0 Å². The van der Waals surface area contributed by atoms with Crippen LogP contribution < -0.4 is 5.73 Å². The zero-order chi connectivity index (χ0) is 12.3. The second-order valence-electron chi connectivity index (χ2n) is 5.55. The molecule has 0 bridgehead atoms. The number of nitrogens with zero attached hydrogens (tertiary/aromatic N) is 2. The first kappa shape index (κ1) is 12.8. The van der Waals surface area contributed by atoms with Crippen molar-refractivity contribution in [2.45, 2.75) is 51.1 Å². The summed E-state index contributed by atoms with van der Waals surface area (Å²) in [7, 11) is 0. The Hall–Kier alpha value is -0.610. The van der Waals surface area contributed by atoms with E-state index >= 15 is 0 Å². The molecule has 0 aromatic carbocycles. The van der Waals surface area contributed by atoms with Gasteiger partial charge in [0.1, 0.15) is 0 Å². The maximum absolute atomic E-state index is 12.2. The van der Waals surface area contributed by atoms with Crippen molar-refractivity contribution in [1.29, 1.82) is 0 Å². The number of piperidine rings is 2. The quantitative estimate of drug-likeness (QED) is 0.776. The Labute approximate surface area is 104 Å². The van der Waals surface area contributed by atoms with Crippen LogP contribution in [0.4, 0.5) is 0 Å². The zero-order valence-corrected chi connectivity index (χ0v) is 10.9. The fourth-order valence-electron chi connectivity index (χ4n) is 2.86. The van der Waals surface area contributed by atoms with Crippen molar-refractivity contribution in [2.75, 3.05) is 26.2 Å². The van der Waals surface area contributed by atoms with Crippen molar-refractivity contribution >= 4 is 5.91 Å². The van der Waals surface area contributed by atoms with Gasteiger partial charge in [0.25, 0.3) is 0 Å². The smallest absolute Gasteiger partial charge is 0.236 e. The van der Waals surface area contributed by atoms with E-state index in [1.54, 1.807) is 0 Å². The lowest BCUT2D eigenvalue weighted by Gasteiger charge is -2.36. The van der Waals surface area contributed by atoms with E-state index in [1.165, 1.54) is 12.8 Å². The lowest BCUT2D eigenvalue weighted by molar-refractivity contribution is -0.135. The van der Waals surface area contributed by atoms with Crippen LogP contribution in [0.5, 0.6) is 0 Å². The van der Waals surface area contributed by atoms with Gasteiger partial charge in [-0.25, -0.2) is 0 Å². The van der Waals surface area contributed by atoms with Crippen LogP contribution in [0, 0.1) is 0 Å². The van der Waals surface area contributed by atoms with E-state index in [2.05, 4.69) is 16.7 Å². The Bertz CT molecular complexity index is 261. The fraction of sp³-hybridized carbons (Fsp3) is 0.923. The molecule has 0 saturated carbocycles. The number of carbonyl (C=O) groups excluding carboxylic acids is 1. The average molecular weight is 239 g/mol. The van der Waals surface area contributed by atoms with Gasteiger partial charge in [0.15, 0.2) is 0 Å². The summed E-state index contributed by atoms with van der Waals surface area (Å²) in [6, 6.07) is 0.776. The molecule has 0 aromatic rings. The predicted molar refractivity (Wildman–Crippen MR) is 68.7 cm³/mol. The predicted octanol–water partition coefficient (Wildman–Crippen LogP) is 0.811. The molecule has 4 nitrogen and oxygen atoms in total.